The van der Waals surface area contributed by atoms with Crippen molar-refractivity contribution >= 4 is 5.78 Å². The van der Waals surface area contributed by atoms with Gasteiger partial charge < -0.3 is 5.32 Å². The molecule has 2 aliphatic rings. The van der Waals surface area contributed by atoms with Crippen LogP contribution in [0.1, 0.15) is 51.9 Å². The highest BCUT2D eigenvalue weighted by Crippen LogP contribution is 2.30. The van der Waals surface area contributed by atoms with Crippen molar-refractivity contribution in [2.45, 2.75) is 57.9 Å². The average Bonchev–Trinajstić information content (AvgIpc) is 2.71. The topological polar surface area (TPSA) is 29.1 Å². The largest absolute Gasteiger partial charge is 0.314 e. The van der Waals surface area contributed by atoms with Crippen molar-refractivity contribution in [3.63, 3.8) is 0 Å². The third kappa shape index (κ3) is 2.81. The molecule has 0 spiro atoms. The molecule has 2 rings (SSSR count). The molecule has 2 atom stereocenters. The Hall–Kier alpha value is -0.370. The molecule has 1 aliphatic heterocycles. The van der Waals surface area contributed by atoms with E-state index in [1.54, 1.807) is 0 Å². The van der Waals surface area contributed by atoms with E-state index in [1.165, 1.54) is 32.1 Å². The molecule has 0 aromatic heterocycles. The number of carbonyl (C=O) groups is 1. The first-order valence-electron chi connectivity index (χ1n) is 6.53. The summed E-state index contributed by atoms with van der Waals surface area (Å²) in [6, 6.07) is 0.410. The summed E-state index contributed by atoms with van der Waals surface area (Å²) in [5.41, 5.74) is 0. The molecule has 0 bridgehead atoms. The molecule has 0 aromatic rings. The van der Waals surface area contributed by atoms with Crippen LogP contribution in [0.4, 0.5) is 0 Å². The highest BCUT2D eigenvalue weighted by Gasteiger charge is 2.29. The van der Waals surface area contributed by atoms with Gasteiger partial charge in [0.25, 0.3) is 0 Å². The lowest BCUT2D eigenvalue weighted by Crippen LogP contribution is -2.42. The van der Waals surface area contributed by atoms with Crippen molar-refractivity contribution in [3.8, 4) is 0 Å². The second-order valence-corrected chi connectivity index (χ2v) is 5.31. The lowest BCUT2D eigenvalue weighted by atomic mass is 9.84. The number of carbonyl (C=O) groups excluding carboxylic acids is 1. The summed E-state index contributed by atoms with van der Waals surface area (Å²) >= 11 is 0. The first-order valence-corrected chi connectivity index (χ1v) is 6.53. The Bertz CT molecular complexity index is 221. The van der Waals surface area contributed by atoms with Gasteiger partial charge in [-0.2, -0.15) is 0 Å². The Morgan fingerprint density at radius 2 is 1.93 bits per heavy atom. The standard InChI is InChI=1S/C13H23NO/c1-10-12(7-4-8-14-10)13(15)9-11-5-2-3-6-11/h10-12,14H,2-9H2,1H3. The van der Waals surface area contributed by atoms with Crippen molar-refractivity contribution < 1.29 is 4.79 Å². The summed E-state index contributed by atoms with van der Waals surface area (Å²) in [5, 5.41) is 3.42. The van der Waals surface area contributed by atoms with Crippen LogP contribution in [0.25, 0.3) is 0 Å². The molecule has 15 heavy (non-hydrogen) atoms. The van der Waals surface area contributed by atoms with Gasteiger partial charge >= 0.3 is 0 Å². The molecule has 2 unspecified atom stereocenters. The van der Waals surface area contributed by atoms with Crippen molar-refractivity contribution in [1.82, 2.24) is 5.32 Å². The Labute approximate surface area is 92.8 Å². The van der Waals surface area contributed by atoms with Gasteiger partial charge in [-0.15, -0.1) is 0 Å². The molecule has 1 saturated carbocycles. The predicted octanol–water partition coefficient (Wildman–Crippen LogP) is 2.52. The lowest BCUT2D eigenvalue weighted by molar-refractivity contribution is -0.125. The van der Waals surface area contributed by atoms with Gasteiger partial charge in [-0.25, -0.2) is 0 Å². The van der Waals surface area contributed by atoms with Gasteiger partial charge in [0.15, 0.2) is 0 Å². The van der Waals surface area contributed by atoms with Gasteiger partial charge in [0.05, 0.1) is 0 Å². The van der Waals surface area contributed by atoms with E-state index in [0.717, 1.165) is 19.4 Å². The summed E-state index contributed by atoms with van der Waals surface area (Å²) in [6.07, 6.45) is 8.41. The third-order valence-electron chi connectivity index (χ3n) is 4.14. The molecular formula is C13H23NO. The van der Waals surface area contributed by atoms with Gasteiger partial charge in [0.1, 0.15) is 5.78 Å². The molecule has 86 valence electrons. The van der Waals surface area contributed by atoms with E-state index in [-0.39, 0.29) is 0 Å². The zero-order chi connectivity index (χ0) is 10.7. The van der Waals surface area contributed by atoms with E-state index < -0.39 is 0 Å². The number of ketones is 1. The number of nitrogens with one attached hydrogen (secondary N) is 1. The van der Waals surface area contributed by atoms with E-state index in [2.05, 4.69) is 12.2 Å². The molecule has 1 saturated heterocycles. The van der Waals surface area contributed by atoms with E-state index in [9.17, 15) is 4.79 Å². The maximum atomic E-state index is 12.1. The first kappa shape index (κ1) is 11.1. The fourth-order valence-corrected chi connectivity index (χ4v) is 3.13. The van der Waals surface area contributed by atoms with Crippen LogP contribution in [0.5, 0.6) is 0 Å². The van der Waals surface area contributed by atoms with Crippen LogP contribution < -0.4 is 5.32 Å². The highest BCUT2D eigenvalue weighted by atomic mass is 16.1. The molecule has 0 amide bonds. The number of piperidine rings is 1. The second kappa shape index (κ2) is 5.11. The molecule has 0 aromatic carbocycles. The predicted molar refractivity (Wildman–Crippen MR) is 61.8 cm³/mol. The van der Waals surface area contributed by atoms with E-state index in [4.69, 9.17) is 0 Å². The van der Waals surface area contributed by atoms with Crippen LogP contribution in [0.3, 0.4) is 0 Å². The molecular weight excluding hydrogens is 186 g/mol. The monoisotopic (exact) mass is 209 g/mol. The minimum absolute atomic E-state index is 0.305. The molecule has 1 heterocycles. The Morgan fingerprint density at radius 1 is 1.20 bits per heavy atom. The number of hydrogen-bond acceptors (Lipinski definition) is 2. The summed E-state index contributed by atoms with van der Waals surface area (Å²) < 4.78 is 0. The summed E-state index contributed by atoms with van der Waals surface area (Å²) in [7, 11) is 0. The molecule has 2 nitrogen and oxygen atoms in total. The van der Waals surface area contributed by atoms with Gasteiger partial charge in [0, 0.05) is 18.4 Å². The number of Topliss-reactive ketones (excluding diaryl/α,β-unsaturated/α-hetero) is 1. The zero-order valence-electron chi connectivity index (χ0n) is 9.80. The van der Waals surface area contributed by atoms with Crippen LogP contribution in [-0.2, 0) is 4.79 Å². The Morgan fingerprint density at radius 3 is 2.60 bits per heavy atom. The van der Waals surface area contributed by atoms with E-state index >= 15 is 0 Å². The van der Waals surface area contributed by atoms with Gasteiger partial charge in [0.2, 0.25) is 0 Å². The Kier molecular flexibility index (Phi) is 3.79. The summed E-state index contributed by atoms with van der Waals surface area (Å²) in [5.74, 6) is 1.55. The fraction of sp³-hybridized carbons (Fsp3) is 0.923. The summed E-state index contributed by atoms with van der Waals surface area (Å²) in [4.78, 5) is 12.1. The van der Waals surface area contributed by atoms with Crippen molar-refractivity contribution in [3.05, 3.63) is 0 Å². The highest BCUT2D eigenvalue weighted by molar-refractivity contribution is 5.82. The van der Waals surface area contributed by atoms with Crippen LogP contribution in [0.15, 0.2) is 0 Å². The van der Waals surface area contributed by atoms with Gasteiger partial charge in [-0.1, -0.05) is 25.7 Å². The fourth-order valence-electron chi connectivity index (χ4n) is 3.13. The maximum Gasteiger partial charge on any atom is 0.137 e. The molecule has 1 aliphatic carbocycles. The minimum atomic E-state index is 0.305. The van der Waals surface area contributed by atoms with Crippen molar-refractivity contribution in [2.24, 2.45) is 11.8 Å². The van der Waals surface area contributed by atoms with E-state index in [1.807, 2.05) is 0 Å². The average molecular weight is 209 g/mol. The number of hydrogen-bond donors (Lipinski definition) is 1. The minimum Gasteiger partial charge on any atom is -0.314 e. The maximum absolute atomic E-state index is 12.1. The molecule has 0 radical (unpaired) electrons. The van der Waals surface area contributed by atoms with Gasteiger partial charge in [-0.3, -0.25) is 4.79 Å². The molecule has 2 fully saturated rings. The van der Waals surface area contributed by atoms with Crippen molar-refractivity contribution in [2.75, 3.05) is 6.54 Å². The first-order chi connectivity index (χ1) is 7.27. The van der Waals surface area contributed by atoms with Gasteiger partial charge in [-0.05, 0) is 32.2 Å². The zero-order valence-corrected chi connectivity index (χ0v) is 9.80. The van der Waals surface area contributed by atoms with E-state index in [0.29, 0.717) is 23.7 Å². The van der Waals surface area contributed by atoms with Crippen LogP contribution >= 0.6 is 0 Å². The normalized spacial score (nSPS) is 33.1. The van der Waals surface area contributed by atoms with Crippen LogP contribution in [0.2, 0.25) is 0 Å². The molecule has 2 heteroatoms. The second-order valence-electron chi connectivity index (χ2n) is 5.31. The quantitative estimate of drug-likeness (QED) is 0.774. The SMILES string of the molecule is CC1NCCCC1C(=O)CC1CCCC1. The van der Waals surface area contributed by atoms with Crippen LogP contribution in [0, 0.1) is 11.8 Å². The smallest absolute Gasteiger partial charge is 0.137 e. The number of rotatable bonds is 3. The molecule has 1 N–H and O–H groups in total. The lowest BCUT2D eigenvalue weighted by Gasteiger charge is -2.29. The Balaban J connectivity index is 1.83. The summed E-state index contributed by atoms with van der Waals surface area (Å²) in [6.45, 7) is 3.25. The third-order valence-corrected chi connectivity index (χ3v) is 4.14. The van der Waals surface area contributed by atoms with Crippen LogP contribution in [-0.4, -0.2) is 18.4 Å². The van der Waals surface area contributed by atoms with Crippen molar-refractivity contribution in [1.29, 1.82) is 0 Å².